The molecule has 1 N–H and O–H groups in total. The lowest BCUT2D eigenvalue weighted by atomic mass is 10.3. The van der Waals surface area contributed by atoms with Crippen LogP contribution in [0.3, 0.4) is 0 Å². The van der Waals surface area contributed by atoms with Crippen molar-refractivity contribution < 1.29 is 17.4 Å². The summed E-state index contributed by atoms with van der Waals surface area (Å²) in [6.45, 7) is 0. The van der Waals surface area contributed by atoms with Gasteiger partial charge in [0.05, 0.1) is 6.20 Å². The molecule has 0 aliphatic heterocycles. The first kappa shape index (κ1) is 12.4. The van der Waals surface area contributed by atoms with Crippen molar-refractivity contribution in [3.05, 3.63) is 24.4 Å². The van der Waals surface area contributed by atoms with E-state index in [4.69, 9.17) is 8.94 Å². The van der Waals surface area contributed by atoms with Gasteiger partial charge in [0.25, 0.3) is 10.0 Å². The Bertz CT molecular complexity index is 639. The molecular weight excluding hydrogens is 268 g/mol. The molecule has 2 heterocycles. The van der Waals surface area contributed by atoms with E-state index in [0.717, 1.165) is 25.7 Å². The molecule has 0 spiro atoms. The molecule has 19 heavy (non-hydrogen) atoms. The van der Waals surface area contributed by atoms with Gasteiger partial charge in [-0.05, 0) is 25.0 Å². The molecule has 3 rings (SSSR count). The molecule has 0 bridgehead atoms. The summed E-state index contributed by atoms with van der Waals surface area (Å²) in [6, 6.07) is 4.61. The number of aromatic nitrogens is 1. The Balaban J connectivity index is 1.81. The maximum absolute atomic E-state index is 12.1. The minimum atomic E-state index is -3.59. The Morgan fingerprint density at radius 3 is 2.63 bits per heavy atom. The van der Waals surface area contributed by atoms with Crippen LogP contribution in [0, 0.1) is 0 Å². The van der Waals surface area contributed by atoms with Crippen LogP contribution in [-0.4, -0.2) is 19.6 Å². The molecule has 6 nitrogen and oxygen atoms in total. The van der Waals surface area contributed by atoms with Crippen molar-refractivity contribution in [2.75, 3.05) is 0 Å². The van der Waals surface area contributed by atoms with Gasteiger partial charge in [0.1, 0.15) is 0 Å². The third-order valence-electron chi connectivity index (χ3n) is 3.20. The van der Waals surface area contributed by atoms with Crippen molar-refractivity contribution in [2.24, 2.45) is 0 Å². The molecule has 1 fully saturated rings. The predicted octanol–water partition coefficient (Wildman–Crippen LogP) is 2.16. The summed E-state index contributed by atoms with van der Waals surface area (Å²) >= 11 is 0. The van der Waals surface area contributed by atoms with E-state index >= 15 is 0 Å². The van der Waals surface area contributed by atoms with E-state index < -0.39 is 10.0 Å². The van der Waals surface area contributed by atoms with Crippen LogP contribution in [0.5, 0.6) is 0 Å². The van der Waals surface area contributed by atoms with Crippen LogP contribution >= 0.6 is 0 Å². The molecule has 102 valence electrons. The number of furan rings is 1. The van der Waals surface area contributed by atoms with E-state index in [2.05, 4.69) is 9.88 Å². The lowest BCUT2D eigenvalue weighted by Crippen LogP contribution is -2.32. The minimum Gasteiger partial charge on any atom is -0.440 e. The van der Waals surface area contributed by atoms with Crippen molar-refractivity contribution in [3.8, 4) is 11.5 Å². The van der Waals surface area contributed by atoms with E-state index in [1.807, 2.05) is 0 Å². The van der Waals surface area contributed by atoms with Crippen LogP contribution in [0.1, 0.15) is 25.7 Å². The zero-order chi connectivity index (χ0) is 13.3. The zero-order valence-electron chi connectivity index (χ0n) is 10.2. The zero-order valence-corrected chi connectivity index (χ0v) is 11.0. The molecule has 0 amide bonds. The second-order valence-electron chi connectivity index (χ2n) is 4.60. The van der Waals surface area contributed by atoms with Crippen molar-refractivity contribution in [2.45, 2.75) is 36.8 Å². The third kappa shape index (κ3) is 2.57. The largest absolute Gasteiger partial charge is 0.440 e. The van der Waals surface area contributed by atoms with Gasteiger partial charge in [-0.1, -0.05) is 18.0 Å². The standard InChI is InChI=1S/C12H14N2O4S/c15-19(16,14-9-3-1-2-4-9)12-6-5-10(17-12)11-7-8-13-18-11/h5-9,14H,1-4H2. The number of nitrogens with one attached hydrogen (secondary N) is 1. The molecule has 0 atom stereocenters. The summed E-state index contributed by atoms with van der Waals surface area (Å²) in [5.41, 5.74) is 0. The van der Waals surface area contributed by atoms with Crippen molar-refractivity contribution in [1.29, 1.82) is 0 Å². The fourth-order valence-corrected chi connectivity index (χ4v) is 3.50. The molecular formula is C12H14N2O4S. The Labute approximate surface area is 110 Å². The summed E-state index contributed by atoms with van der Waals surface area (Å²) in [4.78, 5) is 0. The fourth-order valence-electron chi connectivity index (χ4n) is 2.26. The van der Waals surface area contributed by atoms with Gasteiger partial charge in [-0.2, -0.15) is 0 Å². The van der Waals surface area contributed by atoms with E-state index in [1.54, 1.807) is 12.1 Å². The lowest BCUT2D eigenvalue weighted by Gasteiger charge is -2.10. The second kappa shape index (κ2) is 4.82. The van der Waals surface area contributed by atoms with Crippen LogP contribution in [-0.2, 0) is 10.0 Å². The SMILES string of the molecule is O=S(=O)(NC1CCCC1)c1ccc(-c2ccno2)o1. The number of sulfonamides is 1. The Hall–Kier alpha value is -1.60. The fraction of sp³-hybridized carbons (Fsp3) is 0.417. The van der Waals surface area contributed by atoms with Crippen LogP contribution in [0.2, 0.25) is 0 Å². The lowest BCUT2D eigenvalue weighted by molar-refractivity contribution is 0.399. The van der Waals surface area contributed by atoms with Crippen LogP contribution < -0.4 is 4.72 Å². The Morgan fingerprint density at radius 2 is 1.95 bits per heavy atom. The summed E-state index contributed by atoms with van der Waals surface area (Å²) in [7, 11) is -3.59. The smallest absolute Gasteiger partial charge is 0.274 e. The van der Waals surface area contributed by atoms with Crippen LogP contribution in [0.4, 0.5) is 0 Å². The molecule has 0 radical (unpaired) electrons. The quantitative estimate of drug-likeness (QED) is 0.928. The maximum Gasteiger partial charge on any atom is 0.274 e. The molecule has 7 heteroatoms. The number of nitrogens with zero attached hydrogens (tertiary/aromatic N) is 1. The van der Waals surface area contributed by atoms with Gasteiger partial charge < -0.3 is 8.94 Å². The van der Waals surface area contributed by atoms with Crippen LogP contribution in [0.15, 0.2) is 38.4 Å². The molecule has 0 aromatic carbocycles. The number of hydrogen-bond donors (Lipinski definition) is 1. The highest BCUT2D eigenvalue weighted by Crippen LogP contribution is 2.25. The highest BCUT2D eigenvalue weighted by molar-refractivity contribution is 7.89. The average Bonchev–Trinajstić information content (AvgIpc) is 3.11. The first-order chi connectivity index (χ1) is 9.15. The van der Waals surface area contributed by atoms with E-state index in [9.17, 15) is 8.42 Å². The number of hydrogen-bond acceptors (Lipinski definition) is 5. The van der Waals surface area contributed by atoms with Crippen molar-refractivity contribution >= 4 is 10.0 Å². The van der Waals surface area contributed by atoms with Gasteiger partial charge in [0.15, 0.2) is 5.76 Å². The summed E-state index contributed by atoms with van der Waals surface area (Å²) < 4.78 is 37.1. The monoisotopic (exact) mass is 282 g/mol. The minimum absolute atomic E-state index is 0.0174. The maximum atomic E-state index is 12.1. The van der Waals surface area contributed by atoms with Gasteiger partial charge >= 0.3 is 0 Å². The van der Waals surface area contributed by atoms with Gasteiger partial charge in [0, 0.05) is 12.1 Å². The topological polar surface area (TPSA) is 85.3 Å². The highest BCUT2D eigenvalue weighted by atomic mass is 32.2. The summed E-state index contributed by atoms with van der Waals surface area (Å²) in [6.07, 6.45) is 5.37. The third-order valence-corrected chi connectivity index (χ3v) is 4.60. The van der Waals surface area contributed by atoms with Crippen LogP contribution in [0.25, 0.3) is 11.5 Å². The molecule has 1 aliphatic rings. The highest BCUT2D eigenvalue weighted by Gasteiger charge is 2.25. The van der Waals surface area contributed by atoms with E-state index in [-0.39, 0.29) is 11.1 Å². The Kier molecular flexibility index (Phi) is 3.16. The second-order valence-corrected chi connectivity index (χ2v) is 6.24. The molecule has 1 aliphatic carbocycles. The summed E-state index contributed by atoms with van der Waals surface area (Å²) in [5, 5.41) is 3.46. The molecule has 1 saturated carbocycles. The van der Waals surface area contributed by atoms with Gasteiger partial charge in [0.2, 0.25) is 10.9 Å². The predicted molar refractivity (Wildman–Crippen MR) is 66.8 cm³/mol. The van der Waals surface area contributed by atoms with Crippen molar-refractivity contribution in [1.82, 2.24) is 9.88 Å². The Morgan fingerprint density at radius 1 is 1.16 bits per heavy atom. The number of rotatable bonds is 4. The molecule has 2 aromatic heterocycles. The van der Waals surface area contributed by atoms with E-state index in [0.29, 0.717) is 11.5 Å². The average molecular weight is 282 g/mol. The van der Waals surface area contributed by atoms with Gasteiger partial charge in [-0.25, -0.2) is 13.1 Å². The molecule has 0 unspecified atom stereocenters. The molecule has 2 aromatic rings. The van der Waals surface area contributed by atoms with Gasteiger partial charge in [-0.15, -0.1) is 0 Å². The first-order valence-corrected chi connectivity index (χ1v) is 7.67. The first-order valence-electron chi connectivity index (χ1n) is 6.18. The van der Waals surface area contributed by atoms with Crippen molar-refractivity contribution in [3.63, 3.8) is 0 Å². The normalized spacial score (nSPS) is 17.1. The summed E-state index contributed by atoms with van der Waals surface area (Å²) in [5.74, 6) is 0.756. The van der Waals surface area contributed by atoms with Gasteiger partial charge in [-0.3, -0.25) is 0 Å². The molecule has 0 saturated heterocycles. The van der Waals surface area contributed by atoms with E-state index in [1.165, 1.54) is 12.3 Å².